The first-order valence-electron chi connectivity index (χ1n) is 14.3. The van der Waals surface area contributed by atoms with Crippen LogP contribution in [0.5, 0.6) is 5.75 Å². The second kappa shape index (κ2) is 14.0. The Morgan fingerprint density at radius 3 is 2.64 bits per heavy atom. The van der Waals surface area contributed by atoms with Crippen LogP contribution in [0, 0.1) is 23.6 Å². The van der Waals surface area contributed by atoms with E-state index < -0.39 is 17.7 Å². The van der Waals surface area contributed by atoms with Crippen LogP contribution in [0.15, 0.2) is 58.4 Å². The number of rotatable bonds is 11. The number of hydrogen-bond donors (Lipinski definition) is 2. The van der Waals surface area contributed by atoms with Crippen molar-refractivity contribution in [2.24, 2.45) is 24.8 Å². The van der Waals surface area contributed by atoms with Crippen LogP contribution in [0.1, 0.15) is 44.6 Å². The summed E-state index contributed by atoms with van der Waals surface area (Å²) in [5.41, 5.74) is 0.186. The monoisotopic (exact) mass is 599 g/mol. The quantitative estimate of drug-likeness (QED) is 0.380. The molecule has 0 spiro atoms. The summed E-state index contributed by atoms with van der Waals surface area (Å²) in [5, 5.41) is 11.2. The molecule has 42 heavy (non-hydrogen) atoms. The Morgan fingerprint density at radius 2 is 2.00 bits per heavy atom. The van der Waals surface area contributed by atoms with Gasteiger partial charge < -0.3 is 20.3 Å². The highest BCUT2D eigenvalue weighted by molar-refractivity contribution is 6.31. The van der Waals surface area contributed by atoms with Crippen molar-refractivity contribution in [1.82, 2.24) is 20.4 Å². The minimum atomic E-state index is -0.545. The van der Waals surface area contributed by atoms with Gasteiger partial charge in [-0.25, -0.2) is 9.07 Å². The first-order chi connectivity index (χ1) is 20.1. The predicted molar refractivity (Wildman–Crippen MR) is 161 cm³/mol. The molecule has 2 N–H and O–H groups in total. The predicted octanol–water partition coefficient (Wildman–Crippen LogP) is 3.88. The molecule has 0 radical (unpaired) electrons. The highest BCUT2D eigenvalue weighted by atomic mass is 35.5. The number of ether oxygens (including phenoxy) is 1. The van der Waals surface area contributed by atoms with Gasteiger partial charge in [0.15, 0.2) is 0 Å². The fourth-order valence-electron chi connectivity index (χ4n) is 5.48. The highest BCUT2D eigenvalue weighted by Crippen LogP contribution is 2.37. The molecule has 1 fully saturated rings. The van der Waals surface area contributed by atoms with Gasteiger partial charge in [-0.3, -0.25) is 14.4 Å². The third-order valence-corrected chi connectivity index (χ3v) is 8.26. The zero-order chi connectivity index (χ0) is 30.4. The zero-order valence-corrected chi connectivity index (χ0v) is 25.2. The normalized spacial score (nSPS) is 20.8. The molecule has 2 aromatic rings. The van der Waals surface area contributed by atoms with Crippen molar-refractivity contribution in [2.45, 2.75) is 45.1 Å². The number of amides is 2. The molecular formula is C31H39ClFN5O4. The molecule has 2 aliphatic rings. The lowest BCUT2D eigenvalue weighted by Gasteiger charge is -2.28. The second-order valence-corrected chi connectivity index (χ2v) is 11.6. The summed E-state index contributed by atoms with van der Waals surface area (Å²) < 4.78 is 21.6. The van der Waals surface area contributed by atoms with Crippen molar-refractivity contribution < 1.29 is 18.7 Å². The van der Waals surface area contributed by atoms with Crippen molar-refractivity contribution in [1.29, 1.82) is 0 Å². The summed E-state index contributed by atoms with van der Waals surface area (Å²) in [4.78, 5) is 39.8. The summed E-state index contributed by atoms with van der Waals surface area (Å²) in [5.74, 6) is -0.689. The average molecular weight is 600 g/mol. The smallest absolute Gasteiger partial charge is 0.266 e. The maximum Gasteiger partial charge on any atom is 0.266 e. The van der Waals surface area contributed by atoms with Crippen molar-refractivity contribution in [3.63, 3.8) is 0 Å². The molecule has 2 heterocycles. The van der Waals surface area contributed by atoms with E-state index in [0.717, 1.165) is 6.42 Å². The van der Waals surface area contributed by atoms with Crippen molar-refractivity contribution >= 4 is 29.2 Å². The van der Waals surface area contributed by atoms with E-state index in [2.05, 4.69) is 15.7 Å². The number of carbonyl (C=O) groups excluding carboxylic acids is 2. The van der Waals surface area contributed by atoms with Gasteiger partial charge >= 0.3 is 0 Å². The van der Waals surface area contributed by atoms with Crippen LogP contribution in [0.2, 0.25) is 0 Å². The number of allylic oxidation sites excluding steroid dienone is 3. The van der Waals surface area contributed by atoms with Gasteiger partial charge in [-0.2, -0.15) is 5.10 Å². The SMILES string of the molecule is COc1ccc([C@@H]2CN(c3ccc(=O)n(C)n3)C[C@H]2C(=O)NCCC[C@H](NC(=O)C(C)C)C2C=CC(Cl)=CC2)c(F)c1. The lowest BCUT2D eigenvalue weighted by molar-refractivity contribution is -0.126. The average Bonchev–Trinajstić information content (AvgIpc) is 3.41. The Balaban J connectivity index is 1.45. The molecule has 226 valence electrons. The number of hydrogen-bond acceptors (Lipinski definition) is 6. The van der Waals surface area contributed by atoms with Gasteiger partial charge in [0.05, 0.1) is 13.0 Å². The number of nitrogens with zero attached hydrogens (tertiary/aromatic N) is 3. The van der Waals surface area contributed by atoms with Gasteiger partial charge in [-0.1, -0.05) is 43.7 Å². The lowest BCUT2D eigenvalue weighted by atomic mass is 9.87. The molecule has 4 rings (SSSR count). The number of aromatic nitrogens is 2. The number of benzene rings is 1. The number of methoxy groups -OCH3 is 1. The number of nitrogens with one attached hydrogen (secondary N) is 2. The first-order valence-corrected chi connectivity index (χ1v) is 14.7. The van der Waals surface area contributed by atoms with E-state index in [4.69, 9.17) is 16.3 Å². The van der Waals surface area contributed by atoms with Crippen molar-refractivity contribution in [3.05, 3.63) is 75.3 Å². The Hall–Kier alpha value is -3.66. The summed E-state index contributed by atoms with van der Waals surface area (Å²) in [6.07, 6.45) is 7.89. The van der Waals surface area contributed by atoms with Crippen LogP contribution < -0.4 is 25.8 Å². The van der Waals surface area contributed by atoms with Gasteiger partial charge in [-0.05, 0) is 43.0 Å². The Labute approximate surface area is 250 Å². The van der Waals surface area contributed by atoms with E-state index in [0.29, 0.717) is 54.6 Å². The summed E-state index contributed by atoms with van der Waals surface area (Å²) in [6.45, 7) is 4.81. The van der Waals surface area contributed by atoms with Gasteiger partial charge in [-0.15, -0.1) is 0 Å². The summed E-state index contributed by atoms with van der Waals surface area (Å²) in [6, 6.07) is 7.64. The zero-order valence-electron chi connectivity index (χ0n) is 24.5. The molecule has 1 aliphatic heterocycles. The second-order valence-electron chi connectivity index (χ2n) is 11.2. The highest BCUT2D eigenvalue weighted by Gasteiger charge is 2.40. The van der Waals surface area contributed by atoms with E-state index in [1.54, 1.807) is 25.2 Å². The maximum absolute atomic E-state index is 15.2. The fraction of sp³-hybridized carbons (Fsp3) is 0.484. The van der Waals surface area contributed by atoms with E-state index >= 15 is 4.39 Å². The largest absolute Gasteiger partial charge is 0.497 e. The van der Waals surface area contributed by atoms with E-state index in [1.807, 2.05) is 37.0 Å². The Bertz CT molecular complexity index is 1410. The van der Waals surface area contributed by atoms with Crippen LogP contribution in [0.25, 0.3) is 0 Å². The van der Waals surface area contributed by atoms with Crippen LogP contribution in [-0.4, -0.2) is 54.4 Å². The van der Waals surface area contributed by atoms with Gasteiger partial charge in [0.1, 0.15) is 17.4 Å². The van der Waals surface area contributed by atoms with Crippen molar-refractivity contribution in [3.8, 4) is 5.75 Å². The van der Waals surface area contributed by atoms with Crippen LogP contribution in [0.4, 0.5) is 10.2 Å². The first kappa shape index (κ1) is 31.3. The van der Waals surface area contributed by atoms with E-state index in [1.165, 1.54) is 23.9 Å². The number of aryl methyl sites for hydroxylation is 1. The number of anilines is 1. The summed E-state index contributed by atoms with van der Waals surface area (Å²) in [7, 11) is 3.04. The molecular weight excluding hydrogens is 561 g/mol. The van der Waals surface area contributed by atoms with E-state index in [-0.39, 0.29) is 35.3 Å². The molecule has 4 atom stereocenters. The Kier molecular flexibility index (Phi) is 10.4. The van der Waals surface area contributed by atoms with Crippen molar-refractivity contribution in [2.75, 3.05) is 31.6 Å². The molecule has 1 aromatic carbocycles. The van der Waals surface area contributed by atoms with Gasteiger partial charge in [0, 0.05) is 67.6 Å². The molecule has 9 nitrogen and oxygen atoms in total. The van der Waals surface area contributed by atoms with Gasteiger partial charge in [0.2, 0.25) is 11.8 Å². The van der Waals surface area contributed by atoms with Crippen LogP contribution in [-0.2, 0) is 16.6 Å². The molecule has 1 aliphatic carbocycles. The van der Waals surface area contributed by atoms with Crippen LogP contribution >= 0.6 is 11.6 Å². The third kappa shape index (κ3) is 7.59. The fourth-order valence-corrected chi connectivity index (χ4v) is 5.64. The Morgan fingerprint density at radius 1 is 1.21 bits per heavy atom. The molecule has 11 heteroatoms. The topological polar surface area (TPSA) is 106 Å². The van der Waals surface area contributed by atoms with E-state index in [9.17, 15) is 14.4 Å². The minimum absolute atomic E-state index is 0.0134. The molecule has 1 aromatic heterocycles. The molecule has 0 bridgehead atoms. The van der Waals surface area contributed by atoms with Gasteiger partial charge in [0.25, 0.3) is 5.56 Å². The molecule has 1 saturated heterocycles. The minimum Gasteiger partial charge on any atom is -0.497 e. The summed E-state index contributed by atoms with van der Waals surface area (Å²) >= 11 is 6.10. The third-order valence-electron chi connectivity index (χ3n) is 7.98. The number of carbonyl (C=O) groups is 2. The molecule has 0 saturated carbocycles. The van der Waals surface area contributed by atoms with Crippen LogP contribution in [0.3, 0.4) is 0 Å². The molecule has 2 amide bonds. The molecule has 1 unspecified atom stereocenters. The number of halogens is 2. The standard InChI is InChI=1S/C31H39ClFN5O4/c1-19(2)30(40)35-27(20-7-9-21(32)10-8-20)6-5-15-34-31(41)25-18-38(28-13-14-29(39)37(3)36-28)17-24(25)23-12-11-22(42-4)16-26(23)33/h7,9-14,16,19-20,24-25,27H,5-6,8,15,17-18H2,1-4H3,(H,34,41)(H,35,40)/t20?,24-,25+,27-/m0/s1. The lowest BCUT2D eigenvalue weighted by Crippen LogP contribution is -2.42. The maximum atomic E-state index is 15.2.